The highest BCUT2D eigenvalue weighted by molar-refractivity contribution is 6.00. The Kier molecular flexibility index (Phi) is 6.20. The molecular formula is C22H26N6O4. The van der Waals surface area contributed by atoms with E-state index in [0.29, 0.717) is 44.8 Å². The Hall–Kier alpha value is -3.69. The summed E-state index contributed by atoms with van der Waals surface area (Å²) in [6.07, 6.45) is 1.66. The van der Waals surface area contributed by atoms with Gasteiger partial charge in [-0.05, 0) is 24.8 Å². The van der Waals surface area contributed by atoms with Crippen LogP contribution in [0.15, 0.2) is 35.1 Å². The number of H-pyrrole nitrogens is 1. The molecule has 0 aliphatic carbocycles. The smallest absolute Gasteiger partial charge is 0.258 e. The van der Waals surface area contributed by atoms with Gasteiger partial charge in [-0.1, -0.05) is 30.3 Å². The lowest BCUT2D eigenvalue weighted by Crippen LogP contribution is -2.42. The zero-order valence-corrected chi connectivity index (χ0v) is 17.6. The lowest BCUT2D eigenvalue weighted by Gasteiger charge is -2.32. The predicted octanol–water partition coefficient (Wildman–Crippen LogP) is 0.256. The van der Waals surface area contributed by atoms with Crippen molar-refractivity contribution in [2.75, 3.05) is 29.9 Å². The highest BCUT2D eigenvalue weighted by Gasteiger charge is 2.35. The molecule has 0 radical (unpaired) electrons. The largest absolute Gasteiger partial charge is 0.369 e. The molecule has 10 nitrogen and oxygen atoms in total. The topological polar surface area (TPSA) is 150 Å². The number of anilines is 2. The van der Waals surface area contributed by atoms with Crippen molar-refractivity contribution in [1.82, 2.24) is 15.3 Å². The van der Waals surface area contributed by atoms with E-state index in [1.54, 1.807) is 0 Å². The van der Waals surface area contributed by atoms with Crippen LogP contribution in [-0.2, 0) is 20.8 Å². The van der Waals surface area contributed by atoms with E-state index in [1.807, 2.05) is 35.2 Å². The van der Waals surface area contributed by atoms with Crippen molar-refractivity contribution in [1.29, 1.82) is 0 Å². The average Bonchev–Trinajstić information content (AvgIpc) is 2.79. The number of aromatic amines is 1. The Morgan fingerprint density at radius 3 is 2.56 bits per heavy atom. The molecular weight excluding hydrogens is 412 g/mol. The van der Waals surface area contributed by atoms with Crippen LogP contribution >= 0.6 is 0 Å². The highest BCUT2D eigenvalue weighted by atomic mass is 16.2. The normalized spacial score (nSPS) is 18.6. The highest BCUT2D eigenvalue weighted by Crippen LogP contribution is 2.30. The van der Waals surface area contributed by atoms with Crippen molar-refractivity contribution >= 4 is 29.5 Å². The molecule has 0 saturated carbocycles. The van der Waals surface area contributed by atoms with E-state index in [2.05, 4.69) is 20.6 Å². The van der Waals surface area contributed by atoms with E-state index >= 15 is 0 Å². The molecule has 1 aromatic heterocycles. The molecule has 1 fully saturated rings. The summed E-state index contributed by atoms with van der Waals surface area (Å²) in [5, 5.41) is 5.45. The van der Waals surface area contributed by atoms with Crippen LogP contribution in [-0.4, -0.2) is 47.3 Å². The van der Waals surface area contributed by atoms with Crippen LogP contribution in [0.5, 0.6) is 0 Å². The number of primary amides is 1. The van der Waals surface area contributed by atoms with Gasteiger partial charge in [-0.25, -0.2) is 0 Å². The Morgan fingerprint density at radius 2 is 1.88 bits per heavy atom. The van der Waals surface area contributed by atoms with Crippen LogP contribution in [0.1, 0.15) is 36.3 Å². The number of aromatic nitrogens is 2. The quantitative estimate of drug-likeness (QED) is 0.508. The van der Waals surface area contributed by atoms with Gasteiger partial charge in [0.15, 0.2) is 0 Å². The molecule has 32 heavy (non-hydrogen) atoms. The Labute approximate surface area is 184 Å². The third-order valence-corrected chi connectivity index (χ3v) is 6.01. The van der Waals surface area contributed by atoms with Crippen molar-refractivity contribution in [2.45, 2.75) is 31.6 Å². The van der Waals surface area contributed by atoms with Crippen molar-refractivity contribution in [3.63, 3.8) is 0 Å². The number of fused-ring (bicyclic) bond motifs is 1. The number of nitrogens with one attached hydrogen (secondary N) is 3. The third-order valence-electron chi connectivity index (χ3n) is 6.01. The molecule has 2 aliphatic heterocycles. The molecule has 168 valence electrons. The summed E-state index contributed by atoms with van der Waals surface area (Å²) in [6.45, 7) is 1.41. The molecule has 1 unspecified atom stereocenters. The van der Waals surface area contributed by atoms with Gasteiger partial charge in [-0.3, -0.25) is 24.2 Å². The number of piperidine rings is 1. The summed E-state index contributed by atoms with van der Waals surface area (Å²) in [5.74, 6) is -1.75. The van der Waals surface area contributed by atoms with Gasteiger partial charge < -0.3 is 21.3 Å². The summed E-state index contributed by atoms with van der Waals surface area (Å²) >= 11 is 0. The molecule has 0 bridgehead atoms. The van der Waals surface area contributed by atoms with E-state index in [1.165, 1.54) is 0 Å². The zero-order valence-electron chi connectivity index (χ0n) is 17.6. The minimum atomic E-state index is -0.902. The van der Waals surface area contributed by atoms with Gasteiger partial charge in [0.2, 0.25) is 23.7 Å². The van der Waals surface area contributed by atoms with Gasteiger partial charge in [0.05, 0.1) is 11.5 Å². The van der Waals surface area contributed by atoms with Gasteiger partial charge in [0.25, 0.3) is 5.56 Å². The molecule has 3 heterocycles. The number of carbonyl (C=O) groups excluding carboxylic acids is 3. The van der Waals surface area contributed by atoms with Gasteiger partial charge in [-0.15, -0.1) is 0 Å². The molecule has 4 rings (SSSR count). The number of hydrogen-bond donors (Lipinski definition) is 4. The fourth-order valence-corrected chi connectivity index (χ4v) is 4.21. The number of nitrogens with zero attached hydrogens (tertiary/aromatic N) is 2. The number of rotatable bonds is 6. The summed E-state index contributed by atoms with van der Waals surface area (Å²) in [6, 6.07) is 9.72. The van der Waals surface area contributed by atoms with E-state index < -0.39 is 11.5 Å². The molecule has 10 heteroatoms. The van der Waals surface area contributed by atoms with Gasteiger partial charge in [0, 0.05) is 32.0 Å². The van der Waals surface area contributed by atoms with E-state index in [-0.39, 0.29) is 41.4 Å². The second-order valence-electron chi connectivity index (χ2n) is 8.15. The first-order chi connectivity index (χ1) is 15.4. The number of hydrogen-bond acceptors (Lipinski definition) is 6. The van der Waals surface area contributed by atoms with Gasteiger partial charge in [-0.2, -0.15) is 4.98 Å². The average molecular weight is 438 g/mol. The Balaban J connectivity index is 1.48. The van der Waals surface area contributed by atoms with Crippen molar-refractivity contribution < 1.29 is 14.4 Å². The maximum absolute atomic E-state index is 12.9. The van der Waals surface area contributed by atoms with Crippen molar-refractivity contribution in [2.24, 2.45) is 11.7 Å². The Morgan fingerprint density at radius 1 is 1.16 bits per heavy atom. The first kappa shape index (κ1) is 21.5. The van der Waals surface area contributed by atoms with Crippen LogP contribution in [0.4, 0.5) is 11.8 Å². The lowest BCUT2D eigenvalue weighted by molar-refractivity contribution is -0.126. The van der Waals surface area contributed by atoms with Crippen LogP contribution in [0.25, 0.3) is 0 Å². The monoisotopic (exact) mass is 438 g/mol. The van der Waals surface area contributed by atoms with Crippen molar-refractivity contribution in [3.05, 3.63) is 51.8 Å². The standard InChI is InChI=1S/C22H26N6O4/c23-18(30)14-7-10-28(11-8-14)22-26-19-17(21(32)27-22)15(12-16(29)25-19)20(31)24-9-6-13-4-2-1-3-5-13/h1-5,14-15H,6-12H2,(H2,23,30)(H,24,31)(H2,25,26,27,29,32). The second kappa shape index (κ2) is 9.21. The second-order valence-corrected chi connectivity index (χ2v) is 8.15. The lowest BCUT2D eigenvalue weighted by atomic mass is 9.92. The molecule has 0 spiro atoms. The van der Waals surface area contributed by atoms with Crippen LogP contribution < -0.4 is 26.8 Å². The summed E-state index contributed by atoms with van der Waals surface area (Å²) < 4.78 is 0. The molecule has 5 N–H and O–H groups in total. The molecule has 2 aromatic rings. The number of carbonyl (C=O) groups is 3. The predicted molar refractivity (Wildman–Crippen MR) is 118 cm³/mol. The Bertz CT molecular complexity index is 1080. The maximum Gasteiger partial charge on any atom is 0.258 e. The fourth-order valence-electron chi connectivity index (χ4n) is 4.21. The van der Waals surface area contributed by atoms with E-state index in [4.69, 9.17) is 5.73 Å². The minimum Gasteiger partial charge on any atom is -0.369 e. The molecule has 1 saturated heterocycles. The molecule has 3 amide bonds. The first-order valence-electron chi connectivity index (χ1n) is 10.7. The molecule has 2 aliphatic rings. The zero-order chi connectivity index (χ0) is 22.7. The number of nitrogens with two attached hydrogens (primary N) is 1. The van der Waals surface area contributed by atoms with Crippen LogP contribution in [0, 0.1) is 5.92 Å². The van der Waals surface area contributed by atoms with Gasteiger partial charge >= 0.3 is 0 Å². The third kappa shape index (κ3) is 4.63. The summed E-state index contributed by atoms with van der Waals surface area (Å²) in [5.41, 5.74) is 6.17. The maximum atomic E-state index is 12.9. The summed E-state index contributed by atoms with van der Waals surface area (Å²) in [7, 11) is 0. The molecule has 1 atom stereocenters. The number of amides is 3. The van der Waals surface area contributed by atoms with Crippen LogP contribution in [0.2, 0.25) is 0 Å². The summed E-state index contributed by atoms with van der Waals surface area (Å²) in [4.78, 5) is 58.3. The van der Waals surface area contributed by atoms with E-state index in [9.17, 15) is 19.2 Å². The minimum absolute atomic E-state index is 0.111. The van der Waals surface area contributed by atoms with Crippen molar-refractivity contribution in [3.8, 4) is 0 Å². The van der Waals surface area contributed by atoms with Crippen LogP contribution in [0.3, 0.4) is 0 Å². The SMILES string of the molecule is NC(=O)C1CCN(c2nc3c(c(=O)[nH]2)C(C(=O)NCCc2ccccc2)CC(=O)N3)CC1. The molecule has 1 aromatic carbocycles. The first-order valence-corrected chi connectivity index (χ1v) is 10.7. The van der Waals surface area contributed by atoms with Gasteiger partial charge in [0.1, 0.15) is 5.82 Å². The number of benzene rings is 1. The fraction of sp³-hybridized carbons (Fsp3) is 0.409. The van der Waals surface area contributed by atoms with E-state index in [0.717, 1.165) is 5.56 Å².